The topological polar surface area (TPSA) is 149 Å². The van der Waals surface area contributed by atoms with E-state index >= 15 is 0 Å². The molecule has 0 aromatic rings. The summed E-state index contributed by atoms with van der Waals surface area (Å²) in [6, 6.07) is 0. The molecule has 0 aromatic heterocycles. The second-order valence-corrected chi connectivity index (χ2v) is 18.6. The maximum atomic E-state index is 12.6. The van der Waals surface area contributed by atoms with E-state index in [9.17, 15) is 24.2 Å². The smallest absolute Gasteiger partial charge is 0.462 e. The molecule has 0 fully saturated rings. The van der Waals surface area contributed by atoms with Crippen molar-refractivity contribution < 1.29 is 47.8 Å². The van der Waals surface area contributed by atoms with Gasteiger partial charge in [0.05, 0.1) is 19.8 Å². The number of allylic oxidation sites excluding steroid dienone is 4. The fourth-order valence-corrected chi connectivity index (χ4v) is 7.96. The number of aliphatic hydroxyl groups is 2. The Labute approximate surface area is 374 Å². The van der Waals surface area contributed by atoms with Gasteiger partial charge < -0.3 is 24.6 Å². The first kappa shape index (κ1) is 59.5. The van der Waals surface area contributed by atoms with Gasteiger partial charge in [-0.05, 0) is 57.8 Å². The van der Waals surface area contributed by atoms with Gasteiger partial charge in [0.2, 0.25) is 0 Å². The number of hydrogen-bond donors (Lipinski definition) is 3. The molecule has 0 rings (SSSR count). The summed E-state index contributed by atoms with van der Waals surface area (Å²) in [4.78, 5) is 35.1. The van der Waals surface area contributed by atoms with E-state index < -0.39 is 51.8 Å². The highest BCUT2D eigenvalue weighted by molar-refractivity contribution is 7.47. The molecule has 3 N–H and O–H groups in total. The predicted octanol–water partition coefficient (Wildman–Crippen LogP) is 14.1. The molecular weight excluding hydrogens is 792 g/mol. The van der Waals surface area contributed by atoms with Gasteiger partial charge in [-0.1, -0.05) is 199 Å². The van der Waals surface area contributed by atoms with Crippen LogP contribution in [-0.4, -0.2) is 65.7 Å². The minimum Gasteiger partial charge on any atom is -0.462 e. The van der Waals surface area contributed by atoms with E-state index in [1.807, 2.05) is 0 Å². The zero-order valence-corrected chi connectivity index (χ0v) is 40.3. The van der Waals surface area contributed by atoms with Crippen LogP contribution >= 0.6 is 7.82 Å². The van der Waals surface area contributed by atoms with Gasteiger partial charge in [0, 0.05) is 12.8 Å². The molecule has 0 saturated carbocycles. The Balaban J connectivity index is 4.17. The van der Waals surface area contributed by atoms with Crippen molar-refractivity contribution in [2.75, 3.05) is 26.4 Å². The van der Waals surface area contributed by atoms with Crippen LogP contribution in [0.3, 0.4) is 0 Å². The number of unbranched alkanes of at least 4 members (excludes halogenated alkanes) is 30. The van der Waals surface area contributed by atoms with Gasteiger partial charge in [0.15, 0.2) is 6.10 Å². The quantitative estimate of drug-likeness (QED) is 0.0233. The summed E-state index contributed by atoms with van der Waals surface area (Å²) < 4.78 is 32.8. The van der Waals surface area contributed by atoms with E-state index in [4.69, 9.17) is 23.6 Å². The summed E-state index contributed by atoms with van der Waals surface area (Å²) in [6.45, 7) is 2.37. The fourth-order valence-electron chi connectivity index (χ4n) is 7.17. The Hall–Kier alpha value is -1.55. The van der Waals surface area contributed by atoms with Crippen molar-refractivity contribution in [2.45, 2.75) is 257 Å². The molecule has 61 heavy (non-hydrogen) atoms. The molecular formula is C50H95O10P. The van der Waals surface area contributed by atoms with E-state index in [-0.39, 0.29) is 19.4 Å². The first-order chi connectivity index (χ1) is 29.7. The molecule has 0 heterocycles. The number of aliphatic hydroxyl groups excluding tert-OH is 2. The zero-order valence-electron chi connectivity index (χ0n) is 39.4. The minimum absolute atomic E-state index is 0.161. The van der Waals surface area contributed by atoms with Crippen molar-refractivity contribution in [3.63, 3.8) is 0 Å². The average molecular weight is 887 g/mol. The van der Waals surface area contributed by atoms with Crippen LogP contribution in [0.15, 0.2) is 24.3 Å². The summed E-state index contributed by atoms with van der Waals surface area (Å²) in [5.41, 5.74) is 0. The number of phosphoric acid groups is 1. The Bertz CT molecular complexity index is 1070. The number of carbonyl (C=O) groups is 2. The van der Waals surface area contributed by atoms with Gasteiger partial charge in [-0.2, -0.15) is 0 Å². The highest BCUT2D eigenvalue weighted by Gasteiger charge is 2.27. The van der Waals surface area contributed by atoms with Gasteiger partial charge in [0.1, 0.15) is 12.7 Å². The maximum Gasteiger partial charge on any atom is 0.472 e. The molecule has 0 amide bonds. The molecule has 1 unspecified atom stereocenters. The Morgan fingerprint density at radius 3 is 1.23 bits per heavy atom. The lowest BCUT2D eigenvalue weighted by molar-refractivity contribution is -0.161. The molecule has 10 nitrogen and oxygen atoms in total. The van der Waals surface area contributed by atoms with Crippen molar-refractivity contribution in [1.29, 1.82) is 0 Å². The predicted molar refractivity (Wildman–Crippen MR) is 252 cm³/mol. The average Bonchev–Trinajstić information content (AvgIpc) is 3.25. The van der Waals surface area contributed by atoms with Crippen LogP contribution in [0.4, 0.5) is 0 Å². The summed E-state index contributed by atoms with van der Waals surface area (Å²) >= 11 is 0. The summed E-state index contributed by atoms with van der Waals surface area (Å²) in [7, 11) is -4.63. The van der Waals surface area contributed by atoms with Crippen LogP contribution in [0.5, 0.6) is 0 Å². The van der Waals surface area contributed by atoms with E-state index in [1.54, 1.807) is 0 Å². The third-order valence-electron chi connectivity index (χ3n) is 11.1. The van der Waals surface area contributed by atoms with E-state index in [0.29, 0.717) is 12.8 Å². The van der Waals surface area contributed by atoms with Crippen LogP contribution in [-0.2, 0) is 32.7 Å². The van der Waals surface area contributed by atoms with Crippen molar-refractivity contribution >= 4 is 19.8 Å². The third-order valence-corrected chi connectivity index (χ3v) is 12.0. The van der Waals surface area contributed by atoms with Gasteiger partial charge in [-0.15, -0.1) is 0 Å². The Morgan fingerprint density at radius 2 is 0.820 bits per heavy atom. The summed E-state index contributed by atoms with van der Waals surface area (Å²) in [6.07, 6.45) is 48.8. The Kier molecular flexibility index (Phi) is 45.3. The fraction of sp³-hybridized carbons (Fsp3) is 0.880. The van der Waals surface area contributed by atoms with Gasteiger partial charge in [-0.25, -0.2) is 4.57 Å². The van der Waals surface area contributed by atoms with E-state index in [2.05, 4.69) is 38.2 Å². The summed E-state index contributed by atoms with van der Waals surface area (Å²) in [5, 5.41) is 18.4. The molecule has 0 aliphatic carbocycles. The minimum atomic E-state index is -4.63. The third kappa shape index (κ3) is 46.3. The molecule has 0 bridgehead atoms. The number of phosphoric ester groups is 1. The lowest BCUT2D eigenvalue weighted by atomic mass is 10.0. The van der Waals surface area contributed by atoms with Gasteiger partial charge in [-0.3, -0.25) is 18.6 Å². The molecule has 3 atom stereocenters. The van der Waals surface area contributed by atoms with E-state index in [0.717, 1.165) is 38.5 Å². The van der Waals surface area contributed by atoms with Crippen LogP contribution < -0.4 is 0 Å². The Morgan fingerprint density at radius 1 is 0.475 bits per heavy atom. The lowest BCUT2D eigenvalue weighted by Crippen LogP contribution is -2.29. The molecule has 0 aliphatic heterocycles. The van der Waals surface area contributed by atoms with Crippen molar-refractivity contribution in [3.05, 3.63) is 24.3 Å². The molecule has 0 aromatic carbocycles. The molecule has 0 aliphatic rings. The van der Waals surface area contributed by atoms with Gasteiger partial charge >= 0.3 is 19.8 Å². The second-order valence-electron chi connectivity index (χ2n) is 17.2. The molecule has 0 saturated heterocycles. The monoisotopic (exact) mass is 887 g/mol. The van der Waals surface area contributed by atoms with Crippen molar-refractivity contribution in [2.24, 2.45) is 0 Å². The number of carbonyl (C=O) groups excluding carboxylic acids is 2. The molecule has 360 valence electrons. The second kappa shape index (κ2) is 46.4. The normalized spacial score (nSPS) is 13.9. The highest BCUT2D eigenvalue weighted by Crippen LogP contribution is 2.43. The number of hydrogen-bond acceptors (Lipinski definition) is 9. The first-order valence-corrected chi connectivity index (χ1v) is 26.8. The zero-order chi connectivity index (χ0) is 44.8. The molecule has 0 radical (unpaired) electrons. The van der Waals surface area contributed by atoms with Crippen molar-refractivity contribution in [1.82, 2.24) is 0 Å². The number of ether oxygens (including phenoxy) is 2. The van der Waals surface area contributed by atoms with Crippen molar-refractivity contribution in [3.8, 4) is 0 Å². The number of esters is 2. The lowest BCUT2D eigenvalue weighted by Gasteiger charge is -2.20. The molecule has 11 heteroatoms. The van der Waals surface area contributed by atoms with Gasteiger partial charge in [0.25, 0.3) is 0 Å². The highest BCUT2D eigenvalue weighted by atomic mass is 31.2. The number of rotatable bonds is 48. The van der Waals surface area contributed by atoms with E-state index in [1.165, 1.54) is 167 Å². The maximum absolute atomic E-state index is 12.6. The SMILES string of the molecule is CCCCCCCCCC/C=C/CCCCCC(=O)O[C@@H](COC(=O)CCC/C=C/CCCCCCCCCCCCCCCCCCCC)COP(=O)(O)OC[C@H](O)CO. The first-order valence-electron chi connectivity index (χ1n) is 25.3. The largest absolute Gasteiger partial charge is 0.472 e. The molecule has 0 spiro atoms. The summed E-state index contributed by atoms with van der Waals surface area (Å²) in [5.74, 6) is -0.970. The van der Waals surface area contributed by atoms with Crippen LogP contribution in [0.25, 0.3) is 0 Å². The standard InChI is InChI=1S/C50H95O10P/c1-3-5-7-9-11-13-15-17-19-20-21-22-23-24-25-26-28-29-31-33-35-37-39-41-49(53)57-45-48(46-59-61(55,56)58-44-47(52)43-51)60-50(54)42-40-38-36-34-32-30-27-18-16-14-12-10-8-6-4-2/h30,32-33,35,47-48,51-52H,3-29,31,34,36-46H2,1-2H3,(H,55,56)/b32-30+,35-33+/t47-,48+/m1/s1. The van der Waals surface area contributed by atoms with Crippen LogP contribution in [0, 0.1) is 0 Å². The van der Waals surface area contributed by atoms with Crippen LogP contribution in [0.1, 0.15) is 245 Å². The van der Waals surface area contributed by atoms with Crippen LogP contribution in [0.2, 0.25) is 0 Å².